The number of benzene rings is 2. The molecule has 0 aliphatic carbocycles. The van der Waals surface area contributed by atoms with Crippen molar-refractivity contribution in [2.75, 3.05) is 12.3 Å². The minimum atomic E-state index is -0.410. The maximum Gasteiger partial charge on any atom is 0.196 e. The van der Waals surface area contributed by atoms with Crippen molar-refractivity contribution in [2.45, 2.75) is 19.5 Å². The third kappa shape index (κ3) is 3.28. The Balaban J connectivity index is 1.59. The second kappa shape index (κ2) is 7.02. The molecule has 0 atom stereocenters. The minimum Gasteiger partial charge on any atom is -0.390 e. The van der Waals surface area contributed by atoms with Gasteiger partial charge in [0.2, 0.25) is 0 Å². The van der Waals surface area contributed by atoms with Crippen molar-refractivity contribution < 1.29 is 9.18 Å². The second-order valence-electron chi connectivity index (χ2n) is 6.53. The van der Waals surface area contributed by atoms with Crippen LogP contribution in [0.2, 0.25) is 0 Å². The SMILES string of the molecule is Nc1sc2c(c1C(=O)c1cccc(F)c1)CCN(Cc1ccccc1)C2. The molecule has 1 aromatic heterocycles. The molecule has 3 aromatic rings. The molecule has 0 amide bonds. The van der Waals surface area contributed by atoms with Crippen molar-refractivity contribution >= 4 is 22.1 Å². The summed E-state index contributed by atoms with van der Waals surface area (Å²) in [6.45, 7) is 2.54. The summed E-state index contributed by atoms with van der Waals surface area (Å²) in [6.07, 6.45) is 0.784. The lowest BCUT2D eigenvalue weighted by atomic mass is 9.96. The molecule has 0 saturated carbocycles. The van der Waals surface area contributed by atoms with E-state index in [1.165, 1.54) is 29.0 Å². The van der Waals surface area contributed by atoms with E-state index < -0.39 is 5.82 Å². The van der Waals surface area contributed by atoms with E-state index >= 15 is 0 Å². The highest BCUT2D eigenvalue weighted by Gasteiger charge is 2.27. The summed E-state index contributed by atoms with van der Waals surface area (Å²) in [5, 5.41) is 0.533. The van der Waals surface area contributed by atoms with Crippen LogP contribution in [0, 0.1) is 5.82 Å². The Kier molecular flexibility index (Phi) is 4.57. The number of thiophene rings is 1. The van der Waals surface area contributed by atoms with E-state index in [0.717, 1.165) is 36.5 Å². The fraction of sp³-hybridized carbons (Fsp3) is 0.190. The van der Waals surface area contributed by atoms with E-state index in [1.54, 1.807) is 12.1 Å². The van der Waals surface area contributed by atoms with E-state index in [2.05, 4.69) is 17.0 Å². The molecule has 0 saturated heterocycles. The summed E-state index contributed by atoms with van der Waals surface area (Å²) in [5.41, 5.74) is 9.40. The van der Waals surface area contributed by atoms with Crippen molar-refractivity contribution in [3.63, 3.8) is 0 Å². The first-order chi connectivity index (χ1) is 12.6. The zero-order chi connectivity index (χ0) is 18.1. The van der Waals surface area contributed by atoms with Gasteiger partial charge in [-0.2, -0.15) is 0 Å². The number of hydrogen-bond donors (Lipinski definition) is 1. The van der Waals surface area contributed by atoms with Gasteiger partial charge >= 0.3 is 0 Å². The van der Waals surface area contributed by atoms with Crippen LogP contribution in [-0.4, -0.2) is 17.2 Å². The lowest BCUT2D eigenvalue weighted by molar-refractivity contribution is 0.103. The lowest BCUT2D eigenvalue weighted by Crippen LogP contribution is -2.29. The predicted molar refractivity (Wildman–Crippen MR) is 103 cm³/mol. The third-order valence-electron chi connectivity index (χ3n) is 4.73. The number of nitrogens with two attached hydrogens (primary N) is 1. The molecule has 4 rings (SSSR count). The third-order valence-corrected chi connectivity index (χ3v) is 5.77. The fourth-order valence-electron chi connectivity index (χ4n) is 3.48. The van der Waals surface area contributed by atoms with E-state index in [0.29, 0.717) is 16.1 Å². The summed E-state index contributed by atoms with van der Waals surface area (Å²) in [4.78, 5) is 16.4. The lowest BCUT2D eigenvalue weighted by Gasteiger charge is -2.27. The average molecular weight is 366 g/mol. The number of halogens is 1. The average Bonchev–Trinajstić information content (AvgIpc) is 2.97. The summed E-state index contributed by atoms with van der Waals surface area (Å²) >= 11 is 1.48. The van der Waals surface area contributed by atoms with Crippen LogP contribution in [0.3, 0.4) is 0 Å². The van der Waals surface area contributed by atoms with E-state index in [1.807, 2.05) is 18.2 Å². The van der Waals surface area contributed by atoms with Gasteiger partial charge in [-0.1, -0.05) is 42.5 Å². The molecule has 0 spiro atoms. The molecule has 26 heavy (non-hydrogen) atoms. The first-order valence-electron chi connectivity index (χ1n) is 8.58. The Morgan fingerprint density at radius 3 is 2.73 bits per heavy atom. The Labute approximate surface area is 155 Å². The van der Waals surface area contributed by atoms with Gasteiger partial charge in [-0.25, -0.2) is 4.39 Å². The van der Waals surface area contributed by atoms with Gasteiger partial charge in [-0.15, -0.1) is 11.3 Å². The predicted octanol–water partition coefficient (Wildman–Crippen LogP) is 4.26. The number of fused-ring (bicyclic) bond motifs is 1. The molecule has 1 aliphatic heterocycles. The van der Waals surface area contributed by atoms with Crippen molar-refractivity contribution in [3.8, 4) is 0 Å². The standard InChI is InChI=1S/C21H19FN2OS/c22-16-8-4-7-15(11-16)20(25)19-17-9-10-24(13-18(17)26-21(19)23)12-14-5-2-1-3-6-14/h1-8,11H,9-10,12-13,23H2. The summed E-state index contributed by atoms with van der Waals surface area (Å²) < 4.78 is 13.5. The Morgan fingerprint density at radius 1 is 1.15 bits per heavy atom. The monoisotopic (exact) mass is 366 g/mol. The fourth-order valence-corrected chi connectivity index (χ4v) is 4.64. The second-order valence-corrected chi connectivity index (χ2v) is 7.67. The van der Waals surface area contributed by atoms with E-state index in [-0.39, 0.29) is 5.78 Å². The van der Waals surface area contributed by atoms with Crippen LogP contribution >= 0.6 is 11.3 Å². The summed E-state index contributed by atoms with van der Waals surface area (Å²) in [5.74, 6) is -0.594. The van der Waals surface area contributed by atoms with Gasteiger partial charge in [-0.05, 0) is 29.7 Å². The molecule has 0 bridgehead atoms. The van der Waals surface area contributed by atoms with E-state index in [9.17, 15) is 9.18 Å². The Bertz CT molecular complexity index is 952. The molecule has 0 radical (unpaired) electrons. The van der Waals surface area contributed by atoms with Crippen LogP contribution in [-0.2, 0) is 19.5 Å². The summed E-state index contributed by atoms with van der Waals surface area (Å²) in [6, 6.07) is 16.2. The van der Waals surface area contributed by atoms with Gasteiger partial charge in [0, 0.05) is 30.1 Å². The van der Waals surface area contributed by atoms with Crippen LogP contribution < -0.4 is 5.73 Å². The maximum absolute atomic E-state index is 13.5. The zero-order valence-corrected chi connectivity index (χ0v) is 15.1. The number of anilines is 1. The van der Waals surface area contributed by atoms with Crippen LogP contribution in [0.25, 0.3) is 0 Å². The molecule has 2 N–H and O–H groups in total. The first kappa shape index (κ1) is 16.9. The normalized spacial score (nSPS) is 14.2. The molecular formula is C21H19FN2OS. The number of nitrogens with zero attached hydrogens (tertiary/aromatic N) is 1. The number of carbonyl (C=O) groups is 1. The van der Waals surface area contributed by atoms with Gasteiger partial charge in [0.15, 0.2) is 5.78 Å². The van der Waals surface area contributed by atoms with Crippen LogP contribution in [0.1, 0.15) is 31.9 Å². The molecule has 2 aromatic carbocycles. The molecule has 1 aliphatic rings. The van der Waals surface area contributed by atoms with Gasteiger partial charge in [0.1, 0.15) is 5.82 Å². The summed E-state index contributed by atoms with van der Waals surface area (Å²) in [7, 11) is 0. The molecule has 132 valence electrons. The smallest absolute Gasteiger partial charge is 0.196 e. The highest BCUT2D eigenvalue weighted by molar-refractivity contribution is 7.16. The Hall–Kier alpha value is -2.50. The maximum atomic E-state index is 13.5. The van der Waals surface area contributed by atoms with Crippen molar-refractivity contribution in [1.29, 1.82) is 0 Å². The van der Waals surface area contributed by atoms with E-state index in [4.69, 9.17) is 5.73 Å². The first-order valence-corrected chi connectivity index (χ1v) is 9.40. The minimum absolute atomic E-state index is 0.184. The van der Waals surface area contributed by atoms with Gasteiger partial charge in [0.25, 0.3) is 0 Å². The highest BCUT2D eigenvalue weighted by Crippen LogP contribution is 2.36. The highest BCUT2D eigenvalue weighted by atomic mass is 32.1. The molecule has 2 heterocycles. The molecule has 5 heteroatoms. The van der Waals surface area contributed by atoms with Crippen molar-refractivity contribution in [3.05, 3.63) is 87.5 Å². The number of rotatable bonds is 4. The largest absolute Gasteiger partial charge is 0.390 e. The molecule has 0 fully saturated rings. The number of nitrogen functional groups attached to an aromatic ring is 1. The number of carbonyl (C=O) groups excluding carboxylic acids is 1. The van der Waals surface area contributed by atoms with Gasteiger partial charge in [-0.3, -0.25) is 9.69 Å². The van der Waals surface area contributed by atoms with Gasteiger partial charge < -0.3 is 5.73 Å². The zero-order valence-electron chi connectivity index (χ0n) is 14.2. The quantitative estimate of drug-likeness (QED) is 0.702. The topological polar surface area (TPSA) is 46.3 Å². The van der Waals surface area contributed by atoms with Crippen molar-refractivity contribution in [1.82, 2.24) is 4.90 Å². The molecular weight excluding hydrogens is 347 g/mol. The molecule has 3 nitrogen and oxygen atoms in total. The Morgan fingerprint density at radius 2 is 1.96 bits per heavy atom. The number of ketones is 1. The molecule has 0 unspecified atom stereocenters. The van der Waals surface area contributed by atoms with Crippen molar-refractivity contribution in [2.24, 2.45) is 0 Å². The van der Waals surface area contributed by atoms with Crippen LogP contribution in [0.5, 0.6) is 0 Å². The van der Waals surface area contributed by atoms with Crippen LogP contribution in [0.15, 0.2) is 54.6 Å². The van der Waals surface area contributed by atoms with Gasteiger partial charge in [0.05, 0.1) is 10.6 Å². The number of hydrogen-bond acceptors (Lipinski definition) is 4. The van der Waals surface area contributed by atoms with Crippen LogP contribution in [0.4, 0.5) is 9.39 Å².